The number of hydrogen-bond acceptors (Lipinski definition) is 3. The van der Waals surface area contributed by atoms with E-state index in [0.29, 0.717) is 12.6 Å². The standard InChI is InChI=1S/C16H23ClN4/c1-12(2)21-11-19-9-16(21)15(8-18)20(3)10-13-4-6-14(17)7-5-13/h4-7,9,11-12,15H,8,10,18H2,1-3H3. The highest BCUT2D eigenvalue weighted by atomic mass is 35.5. The molecule has 2 N–H and O–H groups in total. The van der Waals surface area contributed by atoms with Crippen LogP contribution >= 0.6 is 11.6 Å². The van der Waals surface area contributed by atoms with Crippen molar-refractivity contribution in [3.8, 4) is 0 Å². The summed E-state index contributed by atoms with van der Waals surface area (Å²) in [4.78, 5) is 6.53. The van der Waals surface area contributed by atoms with Crippen LogP contribution in [-0.4, -0.2) is 28.0 Å². The van der Waals surface area contributed by atoms with E-state index < -0.39 is 0 Å². The van der Waals surface area contributed by atoms with Crippen molar-refractivity contribution in [2.75, 3.05) is 13.6 Å². The van der Waals surface area contributed by atoms with E-state index in [0.717, 1.165) is 17.3 Å². The van der Waals surface area contributed by atoms with Crippen molar-refractivity contribution in [1.82, 2.24) is 14.5 Å². The maximum atomic E-state index is 6.01. The molecule has 4 nitrogen and oxygen atoms in total. The molecule has 1 atom stereocenters. The van der Waals surface area contributed by atoms with Gasteiger partial charge in [0.15, 0.2) is 0 Å². The highest BCUT2D eigenvalue weighted by Gasteiger charge is 2.20. The van der Waals surface area contributed by atoms with Gasteiger partial charge in [-0.25, -0.2) is 4.98 Å². The van der Waals surface area contributed by atoms with Crippen LogP contribution in [0, 0.1) is 0 Å². The van der Waals surface area contributed by atoms with Crippen molar-refractivity contribution in [3.63, 3.8) is 0 Å². The predicted molar refractivity (Wildman–Crippen MR) is 87.3 cm³/mol. The molecule has 0 radical (unpaired) electrons. The number of aromatic nitrogens is 2. The van der Waals surface area contributed by atoms with Gasteiger partial charge >= 0.3 is 0 Å². The maximum Gasteiger partial charge on any atom is 0.0951 e. The summed E-state index contributed by atoms with van der Waals surface area (Å²) in [7, 11) is 2.09. The van der Waals surface area contributed by atoms with Gasteiger partial charge in [0.25, 0.3) is 0 Å². The van der Waals surface area contributed by atoms with Gasteiger partial charge in [-0.15, -0.1) is 0 Å². The number of benzene rings is 1. The zero-order valence-corrected chi connectivity index (χ0v) is 13.6. The van der Waals surface area contributed by atoms with Crippen molar-refractivity contribution in [3.05, 3.63) is 53.1 Å². The third-order valence-corrected chi connectivity index (χ3v) is 3.95. The fourth-order valence-electron chi connectivity index (χ4n) is 2.52. The highest BCUT2D eigenvalue weighted by Crippen LogP contribution is 2.23. The van der Waals surface area contributed by atoms with Crippen molar-refractivity contribution in [1.29, 1.82) is 0 Å². The van der Waals surface area contributed by atoms with Gasteiger partial charge in [0.1, 0.15) is 0 Å². The van der Waals surface area contributed by atoms with Gasteiger partial charge in [-0.05, 0) is 38.6 Å². The third kappa shape index (κ3) is 3.84. The molecule has 0 aliphatic rings. The Morgan fingerprint density at radius 3 is 2.52 bits per heavy atom. The van der Waals surface area contributed by atoms with Crippen LogP contribution in [-0.2, 0) is 6.54 Å². The Balaban J connectivity index is 2.16. The normalized spacial score (nSPS) is 13.1. The van der Waals surface area contributed by atoms with Gasteiger partial charge in [0.05, 0.1) is 18.1 Å². The van der Waals surface area contributed by atoms with Gasteiger partial charge in [-0.1, -0.05) is 23.7 Å². The van der Waals surface area contributed by atoms with Crippen molar-refractivity contribution < 1.29 is 0 Å². The molecule has 1 aromatic carbocycles. The minimum absolute atomic E-state index is 0.144. The highest BCUT2D eigenvalue weighted by molar-refractivity contribution is 6.30. The van der Waals surface area contributed by atoms with Gasteiger partial charge in [-0.3, -0.25) is 4.90 Å². The van der Waals surface area contributed by atoms with Crippen LogP contribution in [0.2, 0.25) is 5.02 Å². The lowest BCUT2D eigenvalue weighted by Crippen LogP contribution is -2.32. The Kier molecular flexibility index (Phi) is 5.39. The van der Waals surface area contributed by atoms with E-state index in [4.69, 9.17) is 17.3 Å². The third-order valence-electron chi connectivity index (χ3n) is 3.69. The Labute approximate surface area is 131 Å². The molecule has 0 amide bonds. The van der Waals surface area contributed by atoms with E-state index in [1.807, 2.05) is 36.8 Å². The van der Waals surface area contributed by atoms with Gasteiger partial charge in [0, 0.05) is 30.4 Å². The molecule has 1 heterocycles. The monoisotopic (exact) mass is 306 g/mol. The summed E-state index contributed by atoms with van der Waals surface area (Å²) in [6.07, 6.45) is 3.79. The Morgan fingerprint density at radius 1 is 1.29 bits per heavy atom. The van der Waals surface area contributed by atoms with Crippen LogP contribution < -0.4 is 5.73 Å². The smallest absolute Gasteiger partial charge is 0.0951 e. The number of nitrogens with zero attached hydrogens (tertiary/aromatic N) is 3. The van der Waals surface area contributed by atoms with Crippen molar-refractivity contribution in [2.24, 2.45) is 5.73 Å². The first-order valence-electron chi connectivity index (χ1n) is 7.19. The number of halogens is 1. The minimum Gasteiger partial charge on any atom is -0.331 e. The van der Waals surface area contributed by atoms with E-state index in [9.17, 15) is 0 Å². The molecule has 21 heavy (non-hydrogen) atoms. The fraction of sp³-hybridized carbons (Fsp3) is 0.438. The lowest BCUT2D eigenvalue weighted by Gasteiger charge is -2.28. The predicted octanol–water partition coefficient (Wildman–Crippen LogP) is 3.25. The molecule has 1 aromatic heterocycles. The van der Waals surface area contributed by atoms with E-state index in [1.54, 1.807) is 0 Å². The minimum atomic E-state index is 0.144. The Hall–Kier alpha value is -1.36. The topological polar surface area (TPSA) is 47.1 Å². The van der Waals surface area contributed by atoms with E-state index >= 15 is 0 Å². The average molecular weight is 307 g/mol. The van der Waals surface area contributed by atoms with Gasteiger partial charge < -0.3 is 10.3 Å². The van der Waals surface area contributed by atoms with Gasteiger partial charge in [0.2, 0.25) is 0 Å². The van der Waals surface area contributed by atoms with Gasteiger partial charge in [-0.2, -0.15) is 0 Å². The number of imidazole rings is 1. The second kappa shape index (κ2) is 7.07. The van der Waals surface area contributed by atoms with Crippen LogP contribution in [0.4, 0.5) is 0 Å². The van der Waals surface area contributed by atoms with Crippen molar-refractivity contribution in [2.45, 2.75) is 32.5 Å². The summed E-state index contributed by atoms with van der Waals surface area (Å²) in [5.74, 6) is 0. The second-order valence-corrected chi connectivity index (χ2v) is 6.05. The molecule has 1 unspecified atom stereocenters. The van der Waals surface area contributed by atoms with Crippen LogP contribution in [0.25, 0.3) is 0 Å². The summed E-state index contributed by atoms with van der Waals surface area (Å²) in [5, 5.41) is 0.759. The van der Waals surface area contributed by atoms with Crippen LogP contribution in [0.1, 0.15) is 37.2 Å². The molecular weight excluding hydrogens is 284 g/mol. The quantitative estimate of drug-likeness (QED) is 0.891. The number of likely N-dealkylation sites (N-methyl/N-ethyl adjacent to an activating group) is 1. The molecule has 2 aromatic rings. The number of nitrogens with two attached hydrogens (primary N) is 1. The Bertz CT molecular complexity index is 562. The average Bonchev–Trinajstić information content (AvgIpc) is 2.91. The van der Waals surface area contributed by atoms with Crippen LogP contribution in [0.5, 0.6) is 0 Å². The molecule has 0 saturated heterocycles. The number of rotatable bonds is 6. The molecular formula is C16H23ClN4. The lowest BCUT2D eigenvalue weighted by atomic mass is 10.1. The SMILES string of the molecule is CC(C)n1cncc1C(CN)N(C)Cc1ccc(Cl)cc1. The molecule has 2 rings (SSSR count). The first-order chi connectivity index (χ1) is 10.0. The largest absolute Gasteiger partial charge is 0.331 e. The summed E-state index contributed by atoms with van der Waals surface area (Å²) in [5.41, 5.74) is 8.38. The van der Waals surface area contributed by atoms with Crippen molar-refractivity contribution >= 4 is 11.6 Å². The molecule has 0 fully saturated rings. The molecule has 0 spiro atoms. The summed E-state index contributed by atoms with van der Waals surface area (Å²) in [6.45, 7) is 5.68. The Morgan fingerprint density at radius 2 is 1.95 bits per heavy atom. The molecule has 0 bridgehead atoms. The van der Waals surface area contributed by atoms with E-state index in [-0.39, 0.29) is 6.04 Å². The fourth-order valence-corrected chi connectivity index (χ4v) is 2.64. The maximum absolute atomic E-state index is 6.01. The first kappa shape index (κ1) is 16.0. The van der Waals surface area contributed by atoms with E-state index in [1.165, 1.54) is 5.56 Å². The van der Waals surface area contributed by atoms with E-state index in [2.05, 4.69) is 35.3 Å². The number of hydrogen-bond donors (Lipinski definition) is 1. The molecule has 0 aliphatic carbocycles. The summed E-state index contributed by atoms with van der Waals surface area (Å²) in [6, 6.07) is 8.45. The zero-order chi connectivity index (χ0) is 15.4. The second-order valence-electron chi connectivity index (χ2n) is 5.61. The lowest BCUT2D eigenvalue weighted by molar-refractivity contribution is 0.230. The molecule has 0 saturated carbocycles. The first-order valence-corrected chi connectivity index (χ1v) is 7.57. The summed E-state index contributed by atoms with van der Waals surface area (Å²) < 4.78 is 2.18. The van der Waals surface area contributed by atoms with Crippen LogP contribution in [0.15, 0.2) is 36.8 Å². The van der Waals surface area contributed by atoms with Crippen LogP contribution in [0.3, 0.4) is 0 Å². The molecule has 114 valence electrons. The molecule has 5 heteroatoms. The summed E-state index contributed by atoms with van der Waals surface area (Å²) >= 11 is 5.93. The molecule has 0 aliphatic heterocycles. The zero-order valence-electron chi connectivity index (χ0n) is 12.8.